The van der Waals surface area contributed by atoms with Crippen LogP contribution in [0.15, 0.2) is 273 Å². The van der Waals surface area contributed by atoms with E-state index in [4.69, 9.17) is 0 Å². The van der Waals surface area contributed by atoms with Crippen LogP contribution in [0.1, 0.15) is 5.48 Å². The van der Waals surface area contributed by atoms with Crippen LogP contribution in [0.5, 0.6) is 0 Å². The summed E-state index contributed by atoms with van der Waals surface area (Å²) in [6, 6.07) is 85.1. The molecule has 0 heterocycles. The summed E-state index contributed by atoms with van der Waals surface area (Å²) in [5.74, 6) is 0. The Morgan fingerprint density at radius 2 is 0.657 bits per heavy atom. The molecule has 0 aliphatic rings. The van der Waals surface area contributed by atoms with Gasteiger partial charge in [0.2, 0.25) is 0 Å². The van der Waals surface area contributed by atoms with E-state index in [0.29, 0.717) is 16.9 Å². The zero-order valence-electron chi connectivity index (χ0n) is 40.6. The smallest absolute Gasteiger partial charge is 0.0645 e. The zero-order chi connectivity index (χ0) is 48.0. The summed E-state index contributed by atoms with van der Waals surface area (Å²) in [4.78, 5) is 1.87. The van der Waals surface area contributed by atoms with E-state index in [1.807, 2.05) is 71.6 Å². The van der Waals surface area contributed by atoms with Gasteiger partial charge in [-0.2, -0.15) is 0 Å². The van der Waals surface area contributed by atoms with E-state index in [2.05, 4.69) is 182 Å². The van der Waals surface area contributed by atoms with Crippen molar-refractivity contribution in [2.45, 2.75) is 0 Å². The van der Waals surface area contributed by atoms with Gasteiger partial charge in [0.25, 0.3) is 0 Å². The van der Waals surface area contributed by atoms with Crippen molar-refractivity contribution in [3.05, 3.63) is 273 Å². The first-order valence-corrected chi connectivity index (χ1v) is 22.7. The quantitative estimate of drug-likeness (QED) is 0.140. The number of fused-ring (bicyclic) bond motifs is 3. The Kier molecular flexibility index (Phi) is 9.19. The van der Waals surface area contributed by atoms with E-state index < -0.39 is 0 Å². The lowest BCUT2D eigenvalue weighted by atomic mass is 9.90. The Balaban J connectivity index is 0.952. The van der Waals surface area contributed by atoms with E-state index in [-0.39, 0.29) is 35.4 Å². The summed E-state index contributed by atoms with van der Waals surface area (Å²) in [6.45, 7) is 0. The first-order chi connectivity index (χ1) is 34.9. The van der Waals surface area contributed by atoms with Crippen molar-refractivity contribution >= 4 is 49.4 Å². The molecular formula is C66H45N. The first-order valence-electron chi connectivity index (χ1n) is 24.7. The molecule has 0 N–H and O–H groups in total. The molecule has 0 bridgehead atoms. The van der Waals surface area contributed by atoms with Gasteiger partial charge in [-0.25, -0.2) is 0 Å². The summed E-state index contributed by atoms with van der Waals surface area (Å²) in [6.07, 6.45) is 0. The van der Waals surface area contributed by atoms with Gasteiger partial charge in [0.1, 0.15) is 0 Å². The maximum absolute atomic E-state index is 9.68. The van der Waals surface area contributed by atoms with Gasteiger partial charge in [-0.1, -0.05) is 218 Å². The van der Waals surface area contributed by atoms with Crippen LogP contribution in [-0.4, -0.2) is 0 Å². The molecule has 0 aliphatic carbocycles. The van der Waals surface area contributed by atoms with E-state index in [1.165, 1.54) is 16.2 Å². The lowest BCUT2D eigenvalue weighted by Gasteiger charge is -2.26. The maximum atomic E-state index is 9.68. The van der Waals surface area contributed by atoms with Gasteiger partial charge < -0.3 is 4.90 Å². The second-order valence-corrected chi connectivity index (χ2v) is 17.0. The second kappa shape index (κ2) is 17.3. The molecular weight excluding hydrogens is 807 g/mol. The molecule has 12 aromatic rings. The number of hydrogen-bond acceptors (Lipinski definition) is 1. The van der Waals surface area contributed by atoms with Gasteiger partial charge in [-0.05, 0) is 154 Å². The monoisotopic (exact) mass is 855 g/mol. The molecule has 0 saturated heterocycles. The molecule has 1 heteroatoms. The molecule has 0 amide bonds. The van der Waals surface area contributed by atoms with E-state index in [0.717, 1.165) is 71.8 Å². The highest BCUT2D eigenvalue weighted by Gasteiger charge is 2.17. The number of rotatable bonds is 9. The minimum atomic E-state index is -0.128. The molecule has 0 saturated carbocycles. The number of nitrogens with zero attached hydrogens (tertiary/aromatic N) is 1. The average molecular weight is 856 g/mol. The Morgan fingerprint density at radius 3 is 1.27 bits per heavy atom. The van der Waals surface area contributed by atoms with E-state index in [9.17, 15) is 5.48 Å². The Morgan fingerprint density at radius 1 is 0.239 bits per heavy atom. The average Bonchev–Trinajstić information content (AvgIpc) is 3.43. The normalized spacial score (nSPS) is 12.1. The van der Waals surface area contributed by atoms with Gasteiger partial charge in [0.05, 0.1) is 5.48 Å². The second-order valence-electron chi connectivity index (χ2n) is 17.0. The van der Waals surface area contributed by atoms with Crippen molar-refractivity contribution in [2.75, 3.05) is 4.90 Å². The van der Waals surface area contributed by atoms with Crippen LogP contribution < -0.4 is 4.90 Å². The summed E-state index contributed by atoms with van der Waals surface area (Å²) in [5, 5.41) is 7.04. The Hall–Kier alpha value is -8.78. The Labute approximate surface area is 397 Å². The fourth-order valence-corrected chi connectivity index (χ4v) is 9.44. The van der Waals surface area contributed by atoms with Crippen molar-refractivity contribution in [1.82, 2.24) is 0 Å². The van der Waals surface area contributed by atoms with E-state index in [1.54, 1.807) is 0 Å². The van der Waals surface area contributed by atoms with Crippen molar-refractivity contribution in [3.63, 3.8) is 0 Å². The summed E-state index contributed by atoms with van der Waals surface area (Å²) in [5.41, 5.74) is 13.2. The molecule has 0 aromatic heterocycles. The predicted molar refractivity (Wildman–Crippen MR) is 286 cm³/mol. The zero-order valence-corrected chi connectivity index (χ0v) is 36.6. The molecule has 12 aromatic carbocycles. The summed E-state index contributed by atoms with van der Waals surface area (Å²) in [7, 11) is 0. The van der Waals surface area contributed by atoms with Crippen LogP contribution in [0.2, 0.25) is 0 Å². The van der Waals surface area contributed by atoms with Crippen molar-refractivity contribution in [1.29, 1.82) is 0 Å². The standard InChI is InChI=1S/C66H45N/c1-2-14-54(15-3-1)66-64-20-9-8-13-52(64)35-42-65(66)53-33-40-63(41-34-53)67(61-36-29-49(30-37-61)48-21-23-50(24-22-48)59-27-25-46-11-4-6-16-55(46)44-59)62-38-31-51(32-39-62)57-18-10-19-58(43-57)60-28-26-47-12-5-7-17-56(47)45-60/h1-45H/i29D,30D,36D,37D. The highest BCUT2D eigenvalue weighted by Crippen LogP contribution is 2.42. The number of anilines is 3. The maximum Gasteiger partial charge on any atom is 0.0645 e. The van der Waals surface area contributed by atoms with Crippen molar-refractivity contribution in [3.8, 4) is 66.8 Å². The molecule has 0 radical (unpaired) electrons. The molecule has 67 heavy (non-hydrogen) atoms. The van der Waals surface area contributed by atoms with E-state index >= 15 is 0 Å². The molecule has 0 aliphatic heterocycles. The van der Waals surface area contributed by atoms with Crippen LogP contribution in [0.3, 0.4) is 0 Å². The molecule has 0 unspecified atom stereocenters. The fourth-order valence-electron chi connectivity index (χ4n) is 9.44. The third-order valence-corrected chi connectivity index (χ3v) is 12.9. The SMILES string of the molecule is [2H]c1c([2H])c(N(c2ccc(-c3cccc(-c4ccc5ccccc5c4)c3)cc2)c2ccc(-c3ccc4ccccc4c3-c3ccccc3)cc2)c([2H])c([2H])c1-c1ccc(-c2ccc3ccccc3c2)cc1. The minimum Gasteiger partial charge on any atom is -0.311 e. The molecule has 0 atom stereocenters. The van der Waals surface area contributed by atoms with Crippen LogP contribution in [0.4, 0.5) is 17.1 Å². The number of benzene rings is 12. The predicted octanol–water partition coefficient (Wildman–Crippen LogP) is 18.6. The molecule has 314 valence electrons. The van der Waals surface area contributed by atoms with Crippen LogP contribution in [0, 0.1) is 0 Å². The summed E-state index contributed by atoms with van der Waals surface area (Å²) < 4.78 is 38.4. The van der Waals surface area contributed by atoms with Gasteiger partial charge in [-0.3, -0.25) is 0 Å². The minimum absolute atomic E-state index is 0.105. The van der Waals surface area contributed by atoms with Gasteiger partial charge in [0, 0.05) is 17.1 Å². The largest absolute Gasteiger partial charge is 0.311 e. The molecule has 1 nitrogen and oxygen atoms in total. The lowest BCUT2D eigenvalue weighted by molar-refractivity contribution is 1.28. The van der Waals surface area contributed by atoms with Crippen LogP contribution in [0.25, 0.3) is 99.1 Å². The van der Waals surface area contributed by atoms with Crippen LogP contribution in [-0.2, 0) is 0 Å². The Bertz CT molecular complexity index is 3930. The third kappa shape index (κ3) is 7.84. The summed E-state index contributed by atoms with van der Waals surface area (Å²) >= 11 is 0. The molecule has 0 spiro atoms. The highest BCUT2D eigenvalue weighted by atomic mass is 15.1. The van der Waals surface area contributed by atoms with Crippen molar-refractivity contribution in [2.24, 2.45) is 0 Å². The first kappa shape index (κ1) is 35.6. The topological polar surface area (TPSA) is 3.24 Å². The van der Waals surface area contributed by atoms with Gasteiger partial charge in [0.15, 0.2) is 0 Å². The highest BCUT2D eigenvalue weighted by molar-refractivity contribution is 6.04. The number of hydrogen-bond donors (Lipinski definition) is 0. The molecule has 12 rings (SSSR count). The fraction of sp³-hybridized carbons (Fsp3) is 0. The molecule has 0 fully saturated rings. The van der Waals surface area contributed by atoms with Crippen molar-refractivity contribution < 1.29 is 5.48 Å². The van der Waals surface area contributed by atoms with Crippen LogP contribution >= 0.6 is 0 Å². The van der Waals surface area contributed by atoms with Gasteiger partial charge >= 0.3 is 0 Å². The third-order valence-electron chi connectivity index (χ3n) is 12.9. The lowest BCUT2D eigenvalue weighted by Crippen LogP contribution is -2.09. The van der Waals surface area contributed by atoms with Gasteiger partial charge in [-0.15, -0.1) is 0 Å².